The van der Waals surface area contributed by atoms with Crippen LogP contribution in [0, 0.1) is 0 Å². The van der Waals surface area contributed by atoms with E-state index >= 15 is 0 Å². The highest BCUT2D eigenvalue weighted by Crippen LogP contribution is 2.12. The predicted molar refractivity (Wildman–Crippen MR) is 72.2 cm³/mol. The molecule has 10 nitrogen and oxygen atoms in total. The lowest BCUT2D eigenvalue weighted by Crippen LogP contribution is -2.36. The zero-order chi connectivity index (χ0) is 15.1. The summed E-state index contributed by atoms with van der Waals surface area (Å²) in [6.45, 7) is 1.04. The summed E-state index contributed by atoms with van der Waals surface area (Å²) in [6, 6.07) is 0. The minimum Gasteiger partial charge on any atom is -0.378 e. The van der Waals surface area contributed by atoms with E-state index in [4.69, 9.17) is 15.0 Å². The van der Waals surface area contributed by atoms with Gasteiger partial charge < -0.3 is 10.5 Å². The molecule has 0 saturated heterocycles. The fourth-order valence-electron chi connectivity index (χ4n) is 1.29. The Bertz CT molecular complexity index is 606. The number of nitrogen functional groups attached to an aromatic ring is 1. The Labute approximate surface area is 124 Å². The zero-order valence-corrected chi connectivity index (χ0v) is 12.0. The SMILES string of the molecule is COCC[n+]1cc(NC(=O)CSc2ncnc(N)n2)on1. The van der Waals surface area contributed by atoms with Gasteiger partial charge in [0.2, 0.25) is 23.7 Å². The summed E-state index contributed by atoms with van der Waals surface area (Å²) in [6.07, 6.45) is 2.86. The number of rotatable bonds is 7. The molecule has 0 radical (unpaired) electrons. The highest BCUT2D eigenvalue weighted by molar-refractivity contribution is 7.99. The van der Waals surface area contributed by atoms with Crippen LogP contribution in [0.5, 0.6) is 0 Å². The maximum absolute atomic E-state index is 11.7. The van der Waals surface area contributed by atoms with Gasteiger partial charge in [-0.1, -0.05) is 11.8 Å². The third-order valence-electron chi connectivity index (χ3n) is 2.20. The van der Waals surface area contributed by atoms with Crippen molar-refractivity contribution in [3.63, 3.8) is 0 Å². The molecule has 0 bridgehead atoms. The topological polar surface area (TPSA) is 133 Å². The fourth-order valence-corrected chi connectivity index (χ4v) is 1.90. The summed E-state index contributed by atoms with van der Waals surface area (Å²) < 4.78 is 11.4. The quantitative estimate of drug-likeness (QED) is 0.493. The minimum absolute atomic E-state index is 0.113. The van der Waals surface area contributed by atoms with Gasteiger partial charge in [-0.05, 0) is 4.68 Å². The van der Waals surface area contributed by atoms with Crippen LogP contribution in [0.15, 0.2) is 22.2 Å². The van der Waals surface area contributed by atoms with E-state index < -0.39 is 0 Å². The third kappa shape index (κ3) is 4.96. The molecule has 3 N–H and O–H groups in total. The largest absolute Gasteiger partial charge is 0.378 e. The monoisotopic (exact) mass is 312 g/mol. The molecule has 0 saturated carbocycles. The molecule has 0 fully saturated rings. The molecule has 0 atom stereocenters. The maximum atomic E-state index is 11.7. The molecule has 21 heavy (non-hydrogen) atoms. The number of ether oxygens (including phenoxy) is 1. The van der Waals surface area contributed by atoms with Crippen LogP contribution in [0.4, 0.5) is 11.8 Å². The van der Waals surface area contributed by atoms with Gasteiger partial charge in [0.1, 0.15) is 12.9 Å². The Hall–Kier alpha value is -2.27. The Kier molecular flexibility index (Phi) is 5.40. The van der Waals surface area contributed by atoms with Crippen molar-refractivity contribution >= 4 is 29.5 Å². The molecule has 2 aromatic heterocycles. The molecule has 2 heterocycles. The first kappa shape index (κ1) is 15.1. The molecular weight excluding hydrogens is 298 g/mol. The summed E-state index contributed by atoms with van der Waals surface area (Å²) in [4.78, 5) is 23.2. The average molecular weight is 312 g/mol. The summed E-state index contributed by atoms with van der Waals surface area (Å²) >= 11 is 1.14. The number of nitrogens with one attached hydrogen (secondary N) is 1. The summed E-state index contributed by atoms with van der Waals surface area (Å²) in [5, 5.41) is 6.68. The van der Waals surface area contributed by atoms with E-state index in [1.165, 1.54) is 11.0 Å². The number of methoxy groups -OCH3 is 1. The normalized spacial score (nSPS) is 10.5. The molecule has 0 unspecified atom stereocenters. The van der Waals surface area contributed by atoms with Crippen LogP contribution in [0.2, 0.25) is 0 Å². The number of nitrogens with two attached hydrogens (primary N) is 1. The molecule has 2 rings (SSSR count). The molecule has 2 aromatic rings. The molecule has 1 amide bonds. The predicted octanol–water partition coefficient (Wildman–Crippen LogP) is -0.893. The lowest BCUT2D eigenvalue weighted by Gasteiger charge is -1.99. The Morgan fingerprint density at radius 3 is 3.19 bits per heavy atom. The molecule has 0 aliphatic carbocycles. The van der Waals surface area contributed by atoms with E-state index in [1.807, 2.05) is 0 Å². The van der Waals surface area contributed by atoms with Crippen molar-refractivity contribution < 1.29 is 18.7 Å². The Balaban J connectivity index is 1.80. The summed E-state index contributed by atoms with van der Waals surface area (Å²) in [5.41, 5.74) is 5.42. The zero-order valence-electron chi connectivity index (χ0n) is 11.2. The van der Waals surface area contributed by atoms with Crippen molar-refractivity contribution in [3.05, 3.63) is 12.5 Å². The van der Waals surface area contributed by atoms with Crippen molar-refractivity contribution in [1.82, 2.24) is 20.2 Å². The second-order valence-corrected chi connectivity index (χ2v) is 4.73. The van der Waals surface area contributed by atoms with Gasteiger partial charge in [-0.2, -0.15) is 4.98 Å². The number of amides is 1. The molecule has 112 valence electrons. The summed E-state index contributed by atoms with van der Waals surface area (Å²) in [7, 11) is 1.59. The van der Waals surface area contributed by atoms with Gasteiger partial charge in [0.25, 0.3) is 6.20 Å². The van der Waals surface area contributed by atoms with Crippen LogP contribution < -0.4 is 15.7 Å². The van der Waals surface area contributed by atoms with Gasteiger partial charge in [-0.25, -0.2) is 9.97 Å². The van der Waals surface area contributed by atoms with Crippen LogP contribution in [-0.2, 0) is 16.1 Å². The molecular formula is C10H14N7O3S+. The first-order chi connectivity index (χ1) is 10.2. The number of carbonyl (C=O) groups is 1. The molecule has 0 aromatic carbocycles. The van der Waals surface area contributed by atoms with Gasteiger partial charge in [-0.3, -0.25) is 14.6 Å². The van der Waals surface area contributed by atoms with Crippen LogP contribution in [0.3, 0.4) is 0 Å². The molecule has 11 heteroatoms. The highest BCUT2D eigenvalue weighted by atomic mass is 32.2. The van der Waals surface area contributed by atoms with E-state index in [1.54, 1.807) is 13.3 Å². The maximum Gasteiger partial charge on any atom is 0.302 e. The smallest absolute Gasteiger partial charge is 0.302 e. The first-order valence-electron chi connectivity index (χ1n) is 5.90. The number of nitrogens with zero attached hydrogens (tertiary/aromatic N) is 5. The van der Waals surface area contributed by atoms with Gasteiger partial charge in [0.15, 0.2) is 5.16 Å². The van der Waals surface area contributed by atoms with Crippen LogP contribution in [-0.4, -0.2) is 45.6 Å². The number of anilines is 2. The molecule has 0 aliphatic heterocycles. The number of carbonyl (C=O) groups excluding carboxylic acids is 1. The second-order valence-electron chi connectivity index (χ2n) is 3.79. The number of hydrogen-bond donors (Lipinski definition) is 2. The molecule has 0 aliphatic rings. The van der Waals surface area contributed by atoms with Crippen molar-refractivity contribution in [2.45, 2.75) is 11.7 Å². The van der Waals surface area contributed by atoms with Crippen molar-refractivity contribution in [1.29, 1.82) is 0 Å². The van der Waals surface area contributed by atoms with Gasteiger partial charge in [0.05, 0.1) is 5.75 Å². The van der Waals surface area contributed by atoms with E-state index in [0.717, 1.165) is 11.8 Å². The van der Waals surface area contributed by atoms with Gasteiger partial charge in [-0.15, -0.1) is 0 Å². The van der Waals surface area contributed by atoms with E-state index in [9.17, 15) is 4.79 Å². The third-order valence-corrected chi connectivity index (χ3v) is 3.06. The number of thioether (sulfide) groups is 1. The Morgan fingerprint density at radius 1 is 1.57 bits per heavy atom. The first-order valence-corrected chi connectivity index (χ1v) is 6.88. The van der Waals surface area contributed by atoms with E-state index in [-0.39, 0.29) is 23.5 Å². The Morgan fingerprint density at radius 2 is 2.43 bits per heavy atom. The lowest BCUT2D eigenvalue weighted by molar-refractivity contribution is -0.763. The number of hydrogen-bond acceptors (Lipinski definition) is 9. The highest BCUT2D eigenvalue weighted by Gasteiger charge is 2.14. The van der Waals surface area contributed by atoms with Crippen LogP contribution in [0.1, 0.15) is 0 Å². The lowest BCUT2D eigenvalue weighted by atomic mass is 10.6. The average Bonchev–Trinajstić information content (AvgIpc) is 2.90. The minimum atomic E-state index is -0.269. The van der Waals surface area contributed by atoms with Crippen molar-refractivity contribution in [3.8, 4) is 0 Å². The number of aromatic nitrogens is 5. The summed E-state index contributed by atoms with van der Waals surface area (Å²) in [5.74, 6) is 0.214. The standard InChI is InChI=1S/C10H13N7O3S/c1-19-3-2-17-4-8(20-16-17)14-7(18)5-21-10-13-6-12-9(11)15-10/h4,6H,2-3,5H2,1H3,(H2-,11,12,13,14,15,16,18)/p+1. The van der Waals surface area contributed by atoms with Crippen LogP contribution in [0.25, 0.3) is 0 Å². The van der Waals surface area contributed by atoms with Gasteiger partial charge in [0, 0.05) is 7.11 Å². The van der Waals surface area contributed by atoms with Crippen molar-refractivity contribution in [2.75, 3.05) is 30.5 Å². The van der Waals surface area contributed by atoms with Crippen LogP contribution >= 0.6 is 11.8 Å². The molecule has 0 spiro atoms. The fraction of sp³-hybridized carbons (Fsp3) is 0.400. The van der Waals surface area contributed by atoms with Crippen molar-refractivity contribution in [2.24, 2.45) is 0 Å². The van der Waals surface area contributed by atoms with E-state index in [2.05, 4.69) is 25.5 Å². The van der Waals surface area contributed by atoms with Gasteiger partial charge >= 0.3 is 5.88 Å². The van der Waals surface area contributed by atoms with E-state index in [0.29, 0.717) is 18.3 Å². The second kappa shape index (κ2) is 7.50.